The number of hydrogen-bond acceptors (Lipinski definition) is 4. The summed E-state index contributed by atoms with van der Waals surface area (Å²) in [6, 6.07) is 10.4. The highest BCUT2D eigenvalue weighted by Gasteiger charge is 2.25. The standard InChI is InChI=1S/C18H16O4S/c19-23(20,13-4-2-1-3-5-13)11-8-14-15-6-9-21-17(15)12-18-16(14)7-10-22-18/h1-5,8,11-12H,6-7,9-10H2/b11-8+. The fraction of sp³-hybridized carbons (Fsp3) is 0.222. The molecule has 0 aromatic heterocycles. The van der Waals surface area contributed by atoms with E-state index in [9.17, 15) is 8.42 Å². The lowest BCUT2D eigenvalue weighted by molar-refractivity contribution is 0.342. The van der Waals surface area contributed by atoms with Gasteiger partial charge in [0.2, 0.25) is 0 Å². The summed E-state index contributed by atoms with van der Waals surface area (Å²) in [5.74, 6) is 1.62. The first kappa shape index (κ1) is 14.3. The van der Waals surface area contributed by atoms with Crippen LogP contribution in [0.1, 0.15) is 16.7 Å². The Hall–Kier alpha value is -2.27. The van der Waals surface area contributed by atoms with E-state index in [2.05, 4.69) is 0 Å². The monoisotopic (exact) mass is 328 g/mol. The van der Waals surface area contributed by atoms with Gasteiger partial charge in [-0.05, 0) is 23.8 Å². The second kappa shape index (κ2) is 5.42. The van der Waals surface area contributed by atoms with Gasteiger partial charge in [0, 0.05) is 35.4 Å². The molecular formula is C18H16O4S. The van der Waals surface area contributed by atoms with Crippen molar-refractivity contribution < 1.29 is 17.9 Å². The van der Waals surface area contributed by atoms with Crippen LogP contribution in [0.5, 0.6) is 11.5 Å². The van der Waals surface area contributed by atoms with E-state index >= 15 is 0 Å². The van der Waals surface area contributed by atoms with Crippen molar-refractivity contribution in [3.05, 3.63) is 58.5 Å². The van der Waals surface area contributed by atoms with Crippen LogP contribution < -0.4 is 9.47 Å². The highest BCUT2D eigenvalue weighted by atomic mass is 32.2. The van der Waals surface area contributed by atoms with Crippen LogP contribution in [0.4, 0.5) is 0 Å². The number of fused-ring (bicyclic) bond motifs is 2. The Morgan fingerprint density at radius 1 is 0.913 bits per heavy atom. The van der Waals surface area contributed by atoms with Gasteiger partial charge in [-0.3, -0.25) is 0 Å². The normalized spacial score (nSPS) is 16.0. The fourth-order valence-electron chi connectivity index (χ4n) is 3.09. The molecule has 0 amide bonds. The van der Waals surface area contributed by atoms with Crippen molar-refractivity contribution in [3.63, 3.8) is 0 Å². The Kier molecular flexibility index (Phi) is 3.38. The summed E-state index contributed by atoms with van der Waals surface area (Å²) < 4.78 is 36.1. The summed E-state index contributed by atoms with van der Waals surface area (Å²) in [6.07, 6.45) is 3.30. The van der Waals surface area contributed by atoms with Gasteiger partial charge in [-0.25, -0.2) is 8.42 Å². The smallest absolute Gasteiger partial charge is 0.199 e. The Balaban J connectivity index is 1.78. The Morgan fingerprint density at radius 2 is 1.52 bits per heavy atom. The second-order valence-corrected chi connectivity index (χ2v) is 7.43. The predicted octanol–water partition coefficient (Wildman–Crippen LogP) is 3.00. The Morgan fingerprint density at radius 3 is 2.13 bits per heavy atom. The molecule has 2 aliphatic heterocycles. The molecule has 0 saturated heterocycles. The first-order valence-corrected chi connectivity index (χ1v) is 9.12. The first-order valence-electron chi connectivity index (χ1n) is 7.58. The van der Waals surface area contributed by atoms with Gasteiger partial charge >= 0.3 is 0 Å². The van der Waals surface area contributed by atoms with Crippen LogP contribution in [0.2, 0.25) is 0 Å². The maximum Gasteiger partial charge on any atom is 0.199 e. The minimum absolute atomic E-state index is 0.299. The van der Waals surface area contributed by atoms with E-state index in [1.54, 1.807) is 36.4 Å². The molecule has 4 rings (SSSR count). The van der Waals surface area contributed by atoms with Gasteiger partial charge in [-0.2, -0.15) is 0 Å². The Bertz CT molecular complexity index is 851. The van der Waals surface area contributed by atoms with Crippen molar-refractivity contribution in [1.29, 1.82) is 0 Å². The number of hydrogen-bond donors (Lipinski definition) is 0. The topological polar surface area (TPSA) is 52.6 Å². The molecule has 0 spiro atoms. The number of sulfone groups is 1. The van der Waals surface area contributed by atoms with E-state index in [0.29, 0.717) is 18.1 Å². The lowest BCUT2D eigenvalue weighted by Gasteiger charge is -2.09. The summed E-state index contributed by atoms with van der Waals surface area (Å²) in [5.41, 5.74) is 3.09. The van der Waals surface area contributed by atoms with E-state index in [1.807, 2.05) is 6.07 Å². The average molecular weight is 328 g/mol. The van der Waals surface area contributed by atoms with Crippen LogP contribution in [0.25, 0.3) is 6.08 Å². The molecule has 2 aliphatic rings. The predicted molar refractivity (Wildman–Crippen MR) is 87.5 cm³/mol. The molecule has 0 saturated carbocycles. The molecule has 23 heavy (non-hydrogen) atoms. The van der Waals surface area contributed by atoms with Crippen molar-refractivity contribution in [1.82, 2.24) is 0 Å². The zero-order chi connectivity index (χ0) is 15.9. The third-order valence-corrected chi connectivity index (χ3v) is 5.64. The van der Waals surface area contributed by atoms with Gasteiger partial charge < -0.3 is 9.47 Å². The van der Waals surface area contributed by atoms with Gasteiger partial charge in [-0.1, -0.05) is 18.2 Å². The van der Waals surface area contributed by atoms with Gasteiger partial charge in [0.25, 0.3) is 0 Å². The highest BCUT2D eigenvalue weighted by Crippen LogP contribution is 2.40. The van der Waals surface area contributed by atoms with Gasteiger partial charge in [0.05, 0.1) is 18.1 Å². The lowest BCUT2D eigenvalue weighted by atomic mass is 9.97. The summed E-state index contributed by atoms with van der Waals surface area (Å²) in [4.78, 5) is 0.299. The summed E-state index contributed by atoms with van der Waals surface area (Å²) >= 11 is 0. The fourth-order valence-corrected chi connectivity index (χ4v) is 4.10. The molecule has 2 aromatic carbocycles. The van der Waals surface area contributed by atoms with E-state index < -0.39 is 9.84 Å². The molecule has 0 aliphatic carbocycles. The van der Waals surface area contributed by atoms with Crippen LogP contribution >= 0.6 is 0 Å². The molecule has 4 nitrogen and oxygen atoms in total. The van der Waals surface area contributed by atoms with Crippen molar-refractivity contribution in [2.24, 2.45) is 0 Å². The summed E-state index contributed by atoms with van der Waals surface area (Å²) in [7, 11) is -3.46. The number of rotatable bonds is 3. The van der Waals surface area contributed by atoms with Crippen LogP contribution in [-0.4, -0.2) is 21.6 Å². The van der Waals surface area contributed by atoms with Crippen molar-refractivity contribution in [2.75, 3.05) is 13.2 Å². The zero-order valence-electron chi connectivity index (χ0n) is 12.5. The average Bonchev–Trinajstić information content (AvgIpc) is 3.21. The van der Waals surface area contributed by atoms with Crippen LogP contribution in [0.15, 0.2) is 46.7 Å². The number of ether oxygens (including phenoxy) is 2. The van der Waals surface area contributed by atoms with Gasteiger partial charge in [-0.15, -0.1) is 0 Å². The Labute approximate surface area is 135 Å². The summed E-state index contributed by atoms with van der Waals surface area (Å²) in [6.45, 7) is 1.26. The molecule has 0 atom stereocenters. The van der Waals surface area contributed by atoms with Crippen molar-refractivity contribution >= 4 is 15.9 Å². The molecular weight excluding hydrogens is 312 g/mol. The van der Waals surface area contributed by atoms with Gasteiger partial charge in [0.1, 0.15) is 11.5 Å². The quantitative estimate of drug-likeness (QED) is 0.869. The SMILES string of the molecule is O=S(=O)(/C=C/c1c2c(cc3c1CCO3)OCC2)c1ccccc1. The molecule has 2 heterocycles. The summed E-state index contributed by atoms with van der Waals surface area (Å²) in [5, 5.41) is 1.29. The molecule has 0 unspecified atom stereocenters. The minimum atomic E-state index is -3.46. The third kappa shape index (κ3) is 2.51. The van der Waals surface area contributed by atoms with Crippen molar-refractivity contribution in [3.8, 4) is 11.5 Å². The third-order valence-electron chi connectivity index (χ3n) is 4.21. The molecule has 0 bridgehead atoms. The van der Waals surface area contributed by atoms with Crippen LogP contribution in [-0.2, 0) is 22.7 Å². The van der Waals surface area contributed by atoms with Crippen molar-refractivity contribution in [2.45, 2.75) is 17.7 Å². The van der Waals surface area contributed by atoms with E-state index in [-0.39, 0.29) is 0 Å². The molecule has 5 heteroatoms. The lowest BCUT2D eigenvalue weighted by Crippen LogP contribution is -1.97. The first-order chi connectivity index (χ1) is 11.1. The maximum atomic E-state index is 12.5. The molecule has 2 aromatic rings. The van der Waals surface area contributed by atoms with Crippen LogP contribution in [0.3, 0.4) is 0 Å². The van der Waals surface area contributed by atoms with Crippen LogP contribution in [0, 0.1) is 0 Å². The molecule has 118 valence electrons. The van der Waals surface area contributed by atoms with E-state index in [4.69, 9.17) is 9.47 Å². The van der Waals surface area contributed by atoms with E-state index in [1.165, 1.54) is 5.41 Å². The zero-order valence-corrected chi connectivity index (χ0v) is 13.3. The molecule has 0 radical (unpaired) electrons. The van der Waals surface area contributed by atoms with E-state index in [0.717, 1.165) is 41.0 Å². The molecule has 0 fully saturated rings. The van der Waals surface area contributed by atoms with Gasteiger partial charge in [0.15, 0.2) is 9.84 Å². The minimum Gasteiger partial charge on any atom is -0.493 e. The highest BCUT2D eigenvalue weighted by molar-refractivity contribution is 7.94. The second-order valence-electron chi connectivity index (χ2n) is 5.60. The largest absolute Gasteiger partial charge is 0.493 e. The maximum absolute atomic E-state index is 12.5. The molecule has 0 N–H and O–H groups in total. The number of benzene rings is 2.